The monoisotopic (exact) mass is 341 g/mol. The Hall–Kier alpha value is -3.22. The van der Waals surface area contributed by atoms with Crippen molar-refractivity contribution in [2.75, 3.05) is 5.32 Å². The molecular weight excluding hydrogens is 325 g/mol. The van der Waals surface area contributed by atoms with E-state index in [4.69, 9.17) is 4.74 Å². The molecule has 0 aromatic heterocycles. The number of hydrazone groups is 1. The first kappa shape index (κ1) is 16.6. The van der Waals surface area contributed by atoms with E-state index in [1.54, 1.807) is 38.1 Å². The summed E-state index contributed by atoms with van der Waals surface area (Å²) in [5.41, 5.74) is 2.81. The molecule has 0 saturated carbocycles. The smallest absolute Gasteiger partial charge is 0.271 e. The molecule has 1 heterocycles. The van der Waals surface area contributed by atoms with Crippen molar-refractivity contribution >= 4 is 23.7 Å². The Balaban J connectivity index is 1.70. The van der Waals surface area contributed by atoms with Gasteiger partial charge in [0.2, 0.25) is 0 Å². The molecule has 0 bridgehead atoms. The van der Waals surface area contributed by atoms with E-state index in [1.165, 1.54) is 24.4 Å². The van der Waals surface area contributed by atoms with Crippen LogP contribution in [0.5, 0.6) is 5.75 Å². The SMILES string of the molecule is CC1(C)Oc2ccc(C(=O)N/N=C\c3ccc(F)cc3)cc2NC1=O. The standard InChI is InChI=1S/C18H16FN3O3/c1-18(2)17(24)21-14-9-12(5-8-15(14)25-18)16(23)22-20-10-11-3-6-13(19)7-4-11/h3-10H,1-2H3,(H,21,24)(H,22,23)/b20-10-. The van der Waals surface area contributed by atoms with Crippen molar-refractivity contribution < 1.29 is 18.7 Å². The number of halogens is 1. The van der Waals surface area contributed by atoms with Crippen LogP contribution in [0, 0.1) is 5.82 Å². The number of anilines is 1. The lowest BCUT2D eigenvalue weighted by molar-refractivity contribution is -0.129. The first-order valence-electron chi connectivity index (χ1n) is 7.59. The number of hydrogen-bond donors (Lipinski definition) is 2. The predicted molar refractivity (Wildman–Crippen MR) is 91.2 cm³/mol. The second-order valence-electron chi connectivity index (χ2n) is 6.03. The molecule has 0 fully saturated rings. The lowest BCUT2D eigenvalue weighted by Gasteiger charge is -2.31. The quantitative estimate of drug-likeness (QED) is 0.665. The van der Waals surface area contributed by atoms with Gasteiger partial charge in [-0.25, -0.2) is 9.82 Å². The van der Waals surface area contributed by atoms with E-state index in [1.807, 2.05) is 0 Å². The molecule has 2 aromatic rings. The largest absolute Gasteiger partial charge is 0.476 e. The summed E-state index contributed by atoms with van der Waals surface area (Å²) in [6.07, 6.45) is 1.41. The van der Waals surface area contributed by atoms with Gasteiger partial charge in [0.25, 0.3) is 11.8 Å². The van der Waals surface area contributed by atoms with Crippen LogP contribution >= 0.6 is 0 Å². The van der Waals surface area contributed by atoms with Crippen molar-refractivity contribution in [2.24, 2.45) is 5.10 Å². The Kier molecular flexibility index (Phi) is 4.22. The molecule has 6 nitrogen and oxygen atoms in total. The van der Waals surface area contributed by atoms with Gasteiger partial charge < -0.3 is 10.1 Å². The number of amides is 2. The second-order valence-corrected chi connectivity index (χ2v) is 6.03. The third kappa shape index (κ3) is 3.65. The van der Waals surface area contributed by atoms with Gasteiger partial charge in [0.15, 0.2) is 5.60 Å². The molecule has 0 saturated heterocycles. The van der Waals surface area contributed by atoms with E-state index in [9.17, 15) is 14.0 Å². The van der Waals surface area contributed by atoms with Gasteiger partial charge in [-0.05, 0) is 49.7 Å². The Morgan fingerprint density at radius 3 is 2.68 bits per heavy atom. The topological polar surface area (TPSA) is 79.8 Å². The summed E-state index contributed by atoms with van der Waals surface area (Å²) in [5.74, 6) is -0.578. The summed E-state index contributed by atoms with van der Waals surface area (Å²) < 4.78 is 18.4. The van der Waals surface area contributed by atoms with Crippen molar-refractivity contribution in [2.45, 2.75) is 19.4 Å². The molecule has 3 rings (SSSR count). The van der Waals surface area contributed by atoms with Crippen molar-refractivity contribution in [1.82, 2.24) is 5.43 Å². The fraction of sp³-hybridized carbons (Fsp3) is 0.167. The summed E-state index contributed by atoms with van der Waals surface area (Å²) in [7, 11) is 0. The molecular formula is C18H16FN3O3. The van der Waals surface area contributed by atoms with Crippen LogP contribution in [0.3, 0.4) is 0 Å². The van der Waals surface area contributed by atoms with E-state index in [0.717, 1.165) is 0 Å². The minimum Gasteiger partial charge on any atom is -0.476 e. The maximum absolute atomic E-state index is 12.8. The number of rotatable bonds is 3. The Morgan fingerprint density at radius 1 is 1.24 bits per heavy atom. The van der Waals surface area contributed by atoms with Gasteiger partial charge in [0, 0.05) is 5.56 Å². The highest BCUT2D eigenvalue weighted by atomic mass is 19.1. The highest BCUT2D eigenvalue weighted by molar-refractivity contribution is 6.02. The third-order valence-corrected chi connectivity index (χ3v) is 3.65. The average Bonchev–Trinajstić information content (AvgIpc) is 2.57. The van der Waals surface area contributed by atoms with Crippen LogP contribution in [-0.2, 0) is 4.79 Å². The molecule has 2 amide bonds. The number of nitrogens with one attached hydrogen (secondary N) is 2. The molecule has 128 valence electrons. The molecule has 0 atom stereocenters. The molecule has 0 aliphatic carbocycles. The summed E-state index contributed by atoms with van der Waals surface area (Å²) >= 11 is 0. The van der Waals surface area contributed by atoms with E-state index in [2.05, 4.69) is 15.8 Å². The number of ether oxygens (including phenoxy) is 1. The maximum Gasteiger partial charge on any atom is 0.271 e. The lowest BCUT2D eigenvalue weighted by atomic mass is 10.0. The lowest BCUT2D eigenvalue weighted by Crippen LogP contribution is -2.45. The fourth-order valence-corrected chi connectivity index (χ4v) is 2.23. The summed E-state index contributed by atoms with van der Waals surface area (Å²) in [6, 6.07) is 10.4. The molecule has 25 heavy (non-hydrogen) atoms. The van der Waals surface area contributed by atoms with Gasteiger partial charge in [-0.3, -0.25) is 9.59 Å². The van der Waals surface area contributed by atoms with Crippen LogP contribution in [0.15, 0.2) is 47.6 Å². The van der Waals surface area contributed by atoms with Gasteiger partial charge in [0.1, 0.15) is 11.6 Å². The molecule has 1 aliphatic rings. The van der Waals surface area contributed by atoms with Crippen molar-refractivity contribution in [1.29, 1.82) is 0 Å². The zero-order valence-corrected chi connectivity index (χ0v) is 13.7. The number of benzene rings is 2. The van der Waals surface area contributed by atoms with Crippen LogP contribution < -0.4 is 15.5 Å². The minimum absolute atomic E-state index is 0.285. The van der Waals surface area contributed by atoms with Crippen LogP contribution in [-0.4, -0.2) is 23.6 Å². The zero-order chi connectivity index (χ0) is 18.0. The van der Waals surface area contributed by atoms with E-state index in [-0.39, 0.29) is 11.7 Å². The minimum atomic E-state index is -0.962. The number of hydrogen-bond acceptors (Lipinski definition) is 4. The highest BCUT2D eigenvalue weighted by Crippen LogP contribution is 2.34. The van der Waals surface area contributed by atoms with Gasteiger partial charge in [-0.2, -0.15) is 5.10 Å². The maximum atomic E-state index is 12.8. The van der Waals surface area contributed by atoms with Gasteiger partial charge >= 0.3 is 0 Å². The average molecular weight is 341 g/mol. The summed E-state index contributed by atoms with van der Waals surface area (Å²) in [4.78, 5) is 24.1. The summed E-state index contributed by atoms with van der Waals surface area (Å²) in [5, 5.41) is 6.55. The summed E-state index contributed by atoms with van der Waals surface area (Å²) in [6.45, 7) is 3.33. The van der Waals surface area contributed by atoms with Crippen LogP contribution in [0.25, 0.3) is 0 Å². The normalized spacial score (nSPS) is 15.2. The van der Waals surface area contributed by atoms with Crippen molar-refractivity contribution in [3.8, 4) is 5.75 Å². The Bertz CT molecular complexity index is 860. The number of carbonyl (C=O) groups excluding carboxylic acids is 2. The molecule has 2 N–H and O–H groups in total. The Morgan fingerprint density at radius 2 is 1.96 bits per heavy atom. The predicted octanol–water partition coefficient (Wildman–Crippen LogP) is 2.70. The van der Waals surface area contributed by atoms with Gasteiger partial charge in [-0.1, -0.05) is 12.1 Å². The van der Waals surface area contributed by atoms with Crippen LogP contribution in [0.4, 0.5) is 10.1 Å². The number of carbonyl (C=O) groups is 2. The fourth-order valence-electron chi connectivity index (χ4n) is 2.23. The first-order chi connectivity index (χ1) is 11.8. The molecule has 0 spiro atoms. The van der Waals surface area contributed by atoms with Gasteiger partial charge in [0.05, 0.1) is 11.9 Å². The zero-order valence-electron chi connectivity index (χ0n) is 13.7. The van der Waals surface area contributed by atoms with Crippen LogP contribution in [0.2, 0.25) is 0 Å². The highest BCUT2D eigenvalue weighted by Gasteiger charge is 2.35. The molecule has 1 aliphatic heterocycles. The molecule has 7 heteroatoms. The Labute approximate surface area is 143 Å². The molecule has 0 unspecified atom stereocenters. The first-order valence-corrected chi connectivity index (χ1v) is 7.59. The second kappa shape index (κ2) is 6.35. The van der Waals surface area contributed by atoms with E-state index >= 15 is 0 Å². The van der Waals surface area contributed by atoms with Crippen molar-refractivity contribution in [3.05, 3.63) is 59.4 Å². The van der Waals surface area contributed by atoms with Crippen LogP contribution in [0.1, 0.15) is 29.8 Å². The van der Waals surface area contributed by atoms with E-state index < -0.39 is 11.5 Å². The number of nitrogens with zero attached hydrogens (tertiary/aromatic N) is 1. The third-order valence-electron chi connectivity index (χ3n) is 3.65. The van der Waals surface area contributed by atoms with Crippen molar-refractivity contribution in [3.63, 3.8) is 0 Å². The molecule has 2 aromatic carbocycles. The molecule has 0 radical (unpaired) electrons. The number of fused-ring (bicyclic) bond motifs is 1. The van der Waals surface area contributed by atoms with E-state index in [0.29, 0.717) is 22.6 Å². The van der Waals surface area contributed by atoms with Gasteiger partial charge in [-0.15, -0.1) is 0 Å².